The minimum absolute atomic E-state index is 0.147. The maximum atomic E-state index is 12.2. The third-order valence-corrected chi connectivity index (χ3v) is 3.64. The van der Waals surface area contributed by atoms with Crippen molar-refractivity contribution >= 4 is 5.91 Å². The molecule has 0 radical (unpaired) electrons. The Hall–Kier alpha value is -1.35. The van der Waals surface area contributed by atoms with Gasteiger partial charge in [-0.25, -0.2) is 0 Å². The number of rotatable bonds is 4. The molecule has 3 nitrogen and oxygen atoms in total. The Balaban J connectivity index is 1.95. The summed E-state index contributed by atoms with van der Waals surface area (Å²) in [6.07, 6.45) is 2.84. The van der Waals surface area contributed by atoms with Crippen LogP contribution in [-0.2, 0) is 4.79 Å². The van der Waals surface area contributed by atoms with E-state index in [0.29, 0.717) is 0 Å². The fraction of sp³-hybridized carbons (Fsp3) is 0.533. The second-order valence-electron chi connectivity index (χ2n) is 4.90. The average Bonchev–Trinajstić information content (AvgIpc) is 2.46. The van der Waals surface area contributed by atoms with E-state index >= 15 is 0 Å². The van der Waals surface area contributed by atoms with E-state index in [2.05, 4.69) is 29.7 Å². The van der Waals surface area contributed by atoms with E-state index in [-0.39, 0.29) is 17.9 Å². The number of nitrogens with one attached hydrogen (secondary N) is 2. The van der Waals surface area contributed by atoms with Gasteiger partial charge in [0, 0.05) is 5.92 Å². The molecule has 1 fully saturated rings. The van der Waals surface area contributed by atoms with Gasteiger partial charge in [0.15, 0.2) is 0 Å². The van der Waals surface area contributed by atoms with Crippen molar-refractivity contribution < 1.29 is 4.79 Å². The molecule has 1 atom stereocenters. The molecule has 2 N–H and O–H groups in total. The molecule has 18 heavy (non-hydrogen) atoms. The molecule has 0 aliphatic carbocycles. The van der Waals surface area contributed by atoms with E-state index in [9.17, 15) is 4.79 Å². The third kappa shape index (κ3) is 3.33. The highest BCUT2D eigenvalue weighted by atomic mass is 16.1. The summed E-state index contributed by atoms with van der Waals surface area (Å²) in [6, 6.07) is 10.4. The molecule has 1 aromatic carbocycles. The van der Waals surface area contributed by atoms with Crippen molar-refractivity contribution in [2.45, 2.75) is 32.2 Å². The van der Waals surface area contributed by atoms with Crippen LogP contribution in [0.3, 0.4) is 0 Å². The number of hydrogen-bond acceptors (Lipinski definition) is 2. The molecule has 98 valence electrons. The molecule has 1 heterocycles. The summed E-state index contributed by atoms with van der Waals surface area (Å²) < 4.78 is 0. The van der Waals surface area contributed by atoms with Crippen LogP contribution in [0.15, 0.2) is 30.3 Å². The Kier molecular flexibility index (Phi) is 4.76. The van der Waals surface area contributed by atoms with Gasteiger partial charge in [-0.1, -0.05) is 37.3 Å². The van der Waals surface area contributed by atoms with Crippen LogP contribution in [0, 0.1) is 5.92 Å². The first-order valence-corrected chi connectivity index (χ1v) is 6.87. The molecule has 1 aromatic rings. The van der Waals surface area contributed by atoms with Crippen LogP contribution in [0.4, 0.5) is 0 Å². The third-order valence-electron chi connectivity index (χ3n) is 3.64. The number of piperidine rings is 1. The maximum Gasteiger partial charge on any atom is 0.223 e. The maximum absolute atomic E-state index is 12.2. The Morgan fingerprint density at radius 2 is 2.00 bits per heavy atom. The topological polar surface area (TPSA) is 41.1 Å². The van der Waals surface area contributed by atoms with Gasteiger partial charge in [0.1, 0.15) is 0 Å². The monoisotopic (exact) mass is 246 g/mol. The van der Waals surface area contributed by atoms with Gasteiger partial charge in [0.05, 0.1) is 6.04 Å². The van der Waals surface area contributed by atoms with E-state index in [1.165, 1.54) is 5.56 Å². The van der Waals surface area contributed by atoms with Crippen LogP contribution in [0.25, 0.3) is 0 Å². The molecule has 0 aromatic heterocycles. The van der Waals surface area contributed by atoms with Crippen molar-refractivity contribution in [3.05, 3.63) is 35.9 Å². The molecule has 0 saturated carbocycles. The lowest BCUT2D eigenvalue weighted by molar-refractivity contribution is -0.126. The molecule has 1 saturated heterocycles. The highest BCUT2D eigenvalue weighted by Crippen LogP contribution is 2.19. The number of carbonyl (C=O) groups is 1. The van der Waals surface area contributed by atoms with Crippen molar-refractivity contribution in [1.29, 1.82) is 0 Å². The first kappa shape index (κ1) is 13.1. The standard InChI is InChI=1S/C15H22N2O/c1-2-14(12-6-4-3-5-7-12)17-15(18)13-8-10-16-11-9-13/h3-7,13-14,16H,2,8-11H2,1H3,(H,17,18). The van der Waals surface area contributed by atoms with Crippen LogP contribution in [0.5, 0.6) is 0 Å². The Morgan fingerprint density at radius 3 is 2.61 bits per heavy atom. The molecule has 0 bridgehead atoms. The van der Waals surface area contributed by atoms with Crippen LogP contribution in [0.1, 0.15) is 37.8 Å². The van der Waals surface area contributed by atoms with Crippen molar-refractivity contribution in [1.82, 2.24) is 10.6 Å². The summed E-state index contributed by atoms with van der Waals surface area (Å²) in [5.74, 6) is 0.399. The number of hydrogen-bond donors (Lipinski definition) is 2. The zero-order valence-electron chi connectivity index (χ0n) is 11.0. The molecule has 0 spiro atoms. The summed E-state index contributed by atoms with van der Waals surface area (Å²) in [5.41, 5.74) is 1.20. The van der Waals surface area contributed by atoms with Gasteiger partial charge in [-0.05, 0) is 37.9 Å². The van der Waals surface area contributed by atoms with Gasteiger partial charge < -0.3 is 10.6 Å². The summed E-state index contributed by atoms with van der Waals surface area (Å²) in [4.78, 5) is 12.2. The predicted octanol–water partition coefficient (Wildman–Crippen LogP) is 2.25. The lowest BCUT2D eigenvalue weighted by Gasteiger charge is -2.25. The lowest BCUT2D eigenvalue weighted by Crippen LogP contribution is -2.39. The fourth-order valence-corrected chi connectivity index (χ4v) is 2.48. The quantitative estimate of drug-likeness (QED) is 0.855. The number of carbonyl (C=O) groups excluding carboxylic acids is 1. The van der Waals surface area contributed by atoms with E-state index in [1.807, 2.05) is 18.2 Å². The van der Waals surface area contributed by atoms with Crippen LogP contribution >= 0.6 is 0 Å². The van der Waals surface area contributed by atoms with Crippen LogP contribution < -0.4 is 10.6 Å². The van der Waals surface area contributed by atoms with Crippen molar-refractivity contribution in [3.63, 3.8) is 0 Å². The van der Waals surface area contributed by atoms with E-state index in [0.717, 1.165) is 32.4 Å². The van der Waals surface area contributed by atoms with Gasteiger partial charge in [-0.3, -0.25) is 4.79 Å². The summed E-state index contributed by atoms with van der Waals surface area (Å²) >= 11 is 0. The molecule has 2 rings (SSSR count). The SMILES string of the molecule is CCC(NC(=O)C1CCNCC1)c1ccccc1. The molecular formula is C15H22N2O. The molecule has 1 unspecified atom stereocenters. The first-order valence-electron chi connectivity index (χ1n) is 6.87. The average molecular weight is 246 g/mol. The minimum atomic E-state index is 0.147. The second kappa shape index (κ2) is 6.55. The molecule has 1 amide bonds. The van der Waals surface area contributed by atoms with E-state index < -0.39 is 0 Å². The van der Waals surface area contributed by atoms with Crippen molar-refractivity contribution in [2.24, 2.45) is 5.92 Å². The summed E-state index contributed by atoms with van der Waals surface area (Å²) in [7, 11) is 0. The van der Waals surface area contributed by atoms with Crippen LogP contribution in [0.2, 0.25) is 0 Å². The van der Waals surface area contributed by atoms with Gasteiger partial charge in [0.2, 0.25) is 5.91 Å². The Morgan fingerprint density at radius 1 is 1.33 bits per heavy atom. The Labute approximate surface area is 109 Å². The van der Waals surface area contributed by atoms with Gasteiger partial charge in [-0.2, -0.15) is 0 Å². The number of benzene rings is 1. The normalized spacial score (nSPS) is 18.3. The second-order valence-corrected chi connectivity index (χ2v) is 4.90. The molecular weight excluding hydrogens is 224 g/mol. The molecule has 3 heteroatoms. The Bertz CT molecular complexity index is 371. The zero-order chi connectivity index (χ0) is 12.8. The summed E-state index contributed by atoms with van der Waals surface area (Å²) in [6.45, 7) is 4.03. The largest absolute Gasteiger partial charge is 0.349 e. The highest BCUT2D eigenvalue weighted by molar-refractivity contribution is 5.79. The van der Waals surface area contributed by atoms with E-state index in [4.69, 9.17) is 0 Å². The summed E-state index contributed by atoms with van der Waals surface area (Å²) in [5, 5.41) is 6.47. The lowest BCUT2D eigenvalue weighted by atomic mass is 9.96. The molecule has 1 aliphatic rings. The smallest absolute Gasteiger partial charge is 0.223 e. The molecule has 1 aliphatic heterocycles. The van der Waals surface area contributed by atoms with Crippen LogP contribution in [-0.4, -0.2) is 19.0 Å². The van der Waals surface area contributed by atoms with Gasteiger partial charge in [0.25, 0.3) is 0 Å². The zero-order valence-corrected chi connectivity index (χ0v) is 11.0. The fourth-order valence-electron chi connectivity index (χ4n) is 2.48. The highest BCUT2D eigenvalue weighted by Gasteiger charge is 2.23. The van der Waals surface area contributed by atoms with Crippen molar-refractivity contribution in [2.75, 3.05) is 13.1 Å². The predicted molar refractivity (Wildman–Crippen MR) is 73.2 cm³/mol. The van der Waals surface area contributed by atoms with E-state index in [1.54, 1.807) is 0 Å². The van der Waals surface area contributed by atoms with Crippen molar-refractivity contribution in [3.8, 4) is 0 Å². The number of amides is 1. The minimum Gasteiger partial charge on any atom is -0.349 e. The first-order chi connectivity index (χ1) is 8.81. The van der Waals surface area contributed by atoms with Gasteiger partial charge >= 0.3 is 0 Å². The van der Waals surface area contributed by atoms with Gasteiger partial charge in [-0.15, -0.1) is 0 Å².